The van der Waals surface area contributed by atoms with Gasteiger partial charge in [-0.25, -0.2) is 4.79 Å². The van der Waals surface area contributed by atoms with Gasteiger partial charge in [0.1, 0.15) is 5.75 Å². The van der Waals surface area contributed by atoms with Crippen molar-refractivity contribution >= 4 is 11.7 Å². The van der Waals surface area contributed by atoms with Crippen molar-refractivity contribution in [3.05, 3.63) is 84.4 Å². The maximum atomic E-state index is 11.9. The third-order valence-corrected chi connectivity index (χ3v) is 3.64. The summed E-state index contributed by atoms with van der Waals surface area (Å²) >= 11 is 0. The zero-order valence-corrected chi connectivity index (χ0v) is 13.1. The molecule has 3 aromatic rings. The normalized spacial score (nSPS) is 10.2. The first-order chi connectivity index (χ1) is 11.7. The van der Waals surface area contributed by atoms with E-state index < -0.39 is 0 Å². The molecule has 2 amide bonds. The lowest BCUT2D eigenvalue weighted by Gasteiger charge is -2.09. The highest BCUT2D eigenvalue weighted by Crippen LogP contribution is 2.23. The van der Waals surface area contributed by atoms with Crippen molar-refractivity contribution < 1.29 is 9.90 Å². The Morgan fingerprint density at radius 3 is 2.00 bits per heavy atom. The van der Waals surface area contributed by atoms with Crippen LogP contribution in [0.5, 0.6) is 5.75 Å². The number of carbonyl (C=O) groups excluding carboxylic acids is 1. The van der Waals surface area contributed by atoms with E-state index in [9.17, 15) is 9.90 Å². The summed E-state index contributed by atoms with van der Waals surface area (Å²) in [5.74, 6) is 0.243. The number of phenolic OH excluding ortho intramolecular Hbond substituents is 1. The van der Waals surface area contributed by atoms with Gasteiger partial charge in [-0.2, -0.15) is 0 Å². The topological polar surface area (TPSA) is 61.4 Å². The van der Waals surface area contributed by atoms with E-state index in [0.717, 1.165) is 22.4 Å². The molecular formula is C20H18N2O2. The number of aromatic hydroxyl groups is 1. The van der Waals surface area contributed by atoms with Crippen molar-refractivity contribution in [1.29, 1.82) is 0 Å². The molecule has 3 aromatic carbocycles. The molecule has 24 heavy (non-hydrogen) atoms. The van der Waals surface area contributed by atoms with Crippen LogP contribution in [0.1, 0.15) is 5.56 Å². The number of benzene rings is 3. The Kier molecular flexibility index (Phi) is 4.77. The number of urea groups is 1. The molecule has 4 nitrogen and oxygen atoms in total. The quantitative estimate of drug-likeness (QED) is 0.668. The van der Waals surface area contributed by atoms with Crippen LogP contribution in [0.15, 0.2) is 78.9 Å². The molecule has 0 saturated carbocycles. The van der Waals surface area contributed by atoms with E-state index in [1.165, 1.54) is 0 Å². The summed E-state index contributed by atoms with van der Waals surface area (Å²) in [4.78, 5) is 11.9. The zero-order chi connectivity index (χ0) is 16.8. The molecule has 3 rings (SSSR count). The van der Waals surface area contributed by atoms with Gasteiger partial charge in [0, 0.05) is 12.2 Å². The lowest BCUT2D eigenvalue weighted by molar-refractivity contribution is 0.251. The second-order valence-electron chi connectivity index (χ2n) is 5.42. The standard InChI is InChI=1S/C20H18N2O2/c23-19-12-8-17(9-13-19)16-6-10-18(11-7-16)22-20(24)21-14-15-4-2-1-3-5-15/h1-13,23H,14H2,(H2,21,22,24). The summed E-state index contributed by atoms with van der Waals surface area (Å²) in [5, 5.41) is 15.0. The van der Waals surface area contributed by atoms with E-state index >= 15 is 0 Å². The van der Waals surface area contributed by atoms with Crippen molar-refractivity contribution in [3.8, 4) is 16.9 Å². The molecular weight excluding hydrogens is 300 g/mol. The van der Waals surface area contributed by atoms with Crippen LogP contribution in [0, 0.1) is 0 Å². The van der Waals surface area contributed by atoms with Gasteiger partial charge in [-0.05, 0) is 41.0 Å². The number of hydrogen-bond acceptors (Lipinski definition) is 2. The Morgan fingerprint density at radius 1 is 0.792 bits per heavy atom. The largest absolute Gasteiger partial charge is 0.508 e. The number of amides is 2. The van der Waals surface area contributed by atoms with Crippen LogP contribution in [0.4, 0.5) is 10.5 Å². The van der Waals surface area contributed by atoms with Crippen molar-refractivity contribution in [3.63, 3.8) is 0 Å². The highest BCUT2D eigenvalue weighted by Gasteiger charge is 2.03. The van der Waals surface area contributed by atoms with Gasteiger partial charge in [0.15, 0.2) is 0 Å². The zero-order valence-electron chi connectivity index (χ0n) is 13.1. The van der Waals surface area contributed by atoms with E-state index in [4.69, 9.17) is 0 Å². The average molecular weight is 318 g/mol. The molecule has 0 radical (unpaired) electrons. The summed E-state index contributed by atoms with van der Waals surface area (Å²) < 4.78 is 0. The van der Waals surface area contributed by atoms with Crippen LogP contribution in [-0.4, -0.2) is 11.1 Å². The van der Waals surface area contributed by atoms with E-state index in [2.05, 4.69) is 10.6 Å². The monoisotopic (exact) mass is 318 g/mol. The minimum absolute atomic E-state index is 0.240. The highest BCUT2D eigenvalue weighted by molar-refractivity contribution is 5.89. The minimum atomic E-state index is -0.240. The highest BCUT2D eigenvalue weighted by atomic mass is 16.3. The summed E-state index contributed by atoms with van der Waals surface area (Å²) in [5.41, 5.74) is 3.80. The van der Waals surface area contributed by atoms with Gasteiger partial charge in [-0.1, -0.05) is 54.6 Å². The van der Waals surface area contributed by atoms with Gasteiger partial charge in [-0.3, -0.25) is 0 Å². The molecule has 0 saturated heterocycles. The third kappa shape index (κ3) is 4.14. The summed E-state index contributed by atoms with van der Waals surface area (Å²) in [7, 11) is 0. The fraction of sp³-hybridized carbons (Fsp3) is 0.0500. The Bertz CT molecular complexity index is 797. The first kappa shape index (κ1) is 15.6. The number of carbonyl (C=O) groups is 1. The molecule has 3 N–H and O–H groups in total. The second kappa shape index (κ2) is 7.33. The molecule has 0 fully saturated rings. The number of nitrogens with one attached hydrogen (secondary N) is 2. The van der Waals surface area contributed by atoms with Gasteiger partial charge >= 0.3 is 6.03 Å². The van der Waals surface area contributed by atoms with Gasteiger partial charge in [0.05, 0.1) is 0 Å². The third-order valence-electron chi connectivity index (χ3n) is 3.64. The van der Waals surface area contributed by atoms with E-state index in [1.807, 2.05) is 66.7 Å². The van der Waals surface area contributed by atoms with Crippen LogP contribution < -0.4 is 10.6 Å². The Hall–Kier alpha value is -3.27. The Morgan fingerprint density at radius 2 is 1.38 bits per heavy atom. The number of phenols is 1. The smallest absolute Gasteiger partial charge is 0.319 e. The maximum Gasteiger partial charge on any atom is 0.319 e. The number of hydrogen-bond donors (Lipinski definition) is 3. The van der Waals surface area contributed by atoms with Crippen molar-refractivity contribution in [2.24, 2.45) is 0 Å². The summed E-state index contributed by atoms with van der Waals surface area (Å²) in [6, 6.07) is 24.1. The number of rotatable bonds is 4. The van der Waals surface area contributed by atoms with Crippen LogP contribution in [0.2, 0.25) is 0 Å². The minimum Gasteiger partial charge on any atom is -0.508 e. The average Bonchev–Trinajstić information content (AvgIpc) is 2.62. The first-order valence-corrected chi connectivity index (χ1v) is 7.69. The van der Waals surface area contributed by atoms with Crippen molar-refractivity contribution in [2.75, 3.05) is 5.32 Å². The van der Waals surface area contributed by atoms with Gasteiger partial charge in [-0.15, -0.1) is 0 Å². The lowest BCUT2D eigenvalue weighted by atomic mass is 10.1. The second-order valence-corrected chi connectivity index (χ2v) is 5.42. The Labute approximate surface area is 140 Å². The van der Waals surface area contributed by atoms with E-state index in [-0.39, 0.29) is 11.8 Å². The predicted molar refractivity (Wildman–Crippen MR) is 95.8 cm³/mol. The fourth-order valence-electron chi connectivity index (χ4n) is 2.35. The first-order valence-electron chi connectivity index (χ1n) is 7.69. The van der Waals surface area contributed by atoms with Crippen LogP contribution in [0.25, 0.3) is 11.1 Å². The molecule has 0 atom stereocenters. The molecule has 0 aliphatic carbocycles. The SMILES string of the molecule is O=C(NCc1ccccc1)Nc1ccc(-c2ccc(O)cc2)cc1. The molecule has 120 valence electrons. The van der Waals surface area contributed by atoms with Gasteiger partial charge in [0.25, 0.3) is 0 Å². The number of anilines is 1. The molecule has 4 heteroatoms. The fourth-order valence-corrected chi connectivity index (χ4v) is 2.35. The van der Waals surface area contributed by atoms with Gasteiger partial charge < -0.3 is 15.7 Å². The summed E-state index contributed by atoms with van der Waals surface area (Å²) in [6.07, 6.45) is 0. The Balaban J connectivity index is 1.57. The molecule has 0 aliphatic rings. The molecule has 0 spiro atoms. The lowest BCUT2D eigenvalue weighted by Crippen LogP contribution is -2.28. The van der Waals surface area contributed by atoms with Crippen molar-refractivity contribution in [2.45, 2.75) is 6.54 Å². The van der Waals surface area contributed by atoms with E-state index in [0.29, 0.717) is 6.54 Å². The van der Waals surface area contributed by atoms with E-state index in [1.54, 1.807) is 12.1 Å². The molecule has 0 bridgehead atoms. The van der Waals surface area contributed by atoms with Crippen LogP contribution in [-0.2, 0) is 6.54 Å². The van der Waals surface area contributed by atoms with Crippen LogP contribution >= 0.6 is 0 Å². The molecule has 0 unspecified atom stereocenters. The molecule has 0 heterocycles. The maximum absolute atomic E-state index is 11.9. The molecule has 0 aromatic heterocycles. The molecule has 0 aliphatic heterocycles. The van der Waals surface area contributed by atoms with Crippen molar-refractivity contribution in [1.82, 2.24) is 5.32 Å². The van der Waals surface area contributed by atoms with Crippen LogP contribution in [0.3, 0.4) is 0 Å². The summed E-state index contributed by atoms with van der Waals surface area (Å²) in [6.45, 7) is 0.484. The predicted octanol–water partition coefficient (Wildman–Crippen LogP) is 4.38. The van der Waals surface area contributed by atoms with Gasteiger partial charge in [0.2, 0.25) is 0 Å².